The summed E-state index contributed by atoms with van der Waals surface area (Å²) >= 11 is 6.44. The number of hydrogen-bond acceptors (Lipinski definition) is 5. The molecule has 164 valence electrons. The van der Waals surface area contributed by atoms with E-state index in [1.54, 1.807) is 20.4 Å². The number of halogens is 1. The Balaban J connectivity index is 1.64. The zero-order valence-corrected chi connectivity index (χ0v) is 18.5. The third-order valence-electron chi connectivity index (χ3n) is 5.79. The van der Waals surface area contributed by atoms with E-state index in [1.807, 2.05) is 42.5 Å². The van der Waals surface area contributed by atoms with Crippen molar-refractivity contribution in [3.05, 3.63) is 88.5 Å². The lowest BCUT2D eigenvalue weighted by molar-refractivity contribution is 0.00119. The number of rotatable bonds is 6. The van der Waals surface area contributed by atoms with Gasteiger partial charge in [0.25, 0.3) is 0 Å². The normalized spacial score (nSPS) is 17.3. The molecule has 1 aliphatic rings. The molecule has 0 amide bonds. The third-order valence-corrected chi connectivity index (χ3v) is 6.02. The monoisotopic (exact) mass is 450 g/mol. The average Bonchev–Trinajstić information content (AvgIpc) is 3.49. The summed E-state index contributed by atoms with van der Waals surface area (Å²) < 4.78 is 20.3. The number of para-hydroxylation sites is 1. The molecule has 0 saturated heterocycles. The van der Waals surface area contributed by atoms with Crippen LogP contribution in [0.3, 0.4) is 0 Å². The van der Waals surface area contributed by atoms with Crippen molar-refractivity contribution in [3.63, 3.8) is 0 Å². The van der Waals surface area contributed by atoms with Gasteiger partial charge in [-0.2, -0.15) is 15.4 Å². The van der Waals surface area contributed by atoms with Crippen LogP contribution in [0.4, 0.5) is 0 Å². The van der Waals surface area contributed by atoms with Crippen molar-refractivity contribution >= 4 is 11.6 Å². The molecule has 0 saturated carbocycles. The van der Waals surface area contributed by atoms with E-state index in [9.17, 15) is 0 Å². The van der Waals surface area contributed by atoms with Gasteiger partial charge in [0.2, 0.25) is 0 Å². The molecule has 3 heterocycles. The Kier molecular flexibility index (Phi) is 5.59. The number of aromatic nitrogens is 4. The SMILES string of the molecule is COc1cccc([C@H]2O[C@H](CCc3cn[nH]n3)c3cccn3-c3ccc(Cl)cc32)c1OC. The lowest BCUT2D eigenvalue weighted by Gasteiger charge is -2.25. The molecule has 2 aromatic heterocycles. The van der Waals surface area contributed by atoms with Gasteiger partial charge < -0.3 is 18.8 Å². The molecular formula is C24H23ClN4O3. The first kappa shape index (κ1) is 20.6. The molecule has 0 unspecified atom stereocenters. The Morgan fingerprint density at radius 2 is 2.00 bits per heavy atom. The molecule has 1 aliphatic heterocycles. The number of nitrogens with zero attached hydrogens (tertiary/aromatic N) is 3. The van der Waals surface area contributed by atoms with Gasteiger partial charge in [0.15, 0.2) is 11.5 Å². The lowest BCUT2D eigenvalue weighted by atomic mass is 9.98. The molecule has 32 heavy (non-hydrogen) atoms. The second-order valence-electron chi connectivity index (χ2n) is 7.59. The van der Waals surface area contributed by atoms with Crippen molar-refractivity contribution in [2.24, 2.45) is 0 Å². The van der Waals surface area contributed by atoms with E-state index in [4.69, 9.17) is 25.8 Å². The molecule has 7 nitrogen and oxygen atoms in total. The van der Waals surface area contributed by atoms with E-state index in [1.165, 1.54) is 0 Å². The van der Waals surface area contributed by atoms with Crippen molar-refractivity contribution in [2.75, 3.05) is 14.2 Å². The maximum absolute atomic E-state index is 6.83. The largest absolute Gasteiger partial charge is 0.493 e. The lowest BCUT2D eigenvalue weighted by Crippen LogP contribution is -2.13. The molecule has 4 aromatic rings. The molecular weight excluding hydrogens is 428 g/mol. The molecule has 0 spiro atoms. The molecule has 1 N–H and O–H groups in total. The number of fused-ring (bicyclic) bond motifs is 3. The Hall–Kier alpha value is -3.29. The van der Waals surface area contributed by atoms with Gasteiger partial charge in [-0.1, -0.05) is 23.7 Å². The summed E-state index contributed by atoms with van der Waals surface area (Å²) in [4.78, 5) is 0. The molecule has 0 radical (unpaired) electrons. The van der Waals surface area contributed by atoms with Crippen molar-refractivity contribution < 1.29 is 14.2 Å². The van der Waals surface area contributed by atoms with Gasteiger partial charge >= 0.3 is 0 Å². The van der Waals surface area contributed by atoms with Gasteiger partial charge in [-0.05, 0) is 49.2 Å². The molecule has 0 bridgehead atoms. The number of aromatic amines is 1. The number of hydrogen-bond donors (Lipinski definition) is 1. The number of ether oxygens (including phenoxy) is 3. The summed E-state index contributed by atoms with van der Waals surface area (Å²) in [5.74, 6) is 1.30. The number of H-pyrrole nitrogens is 1. The van der Waals surface area contributed by atoms with Crippen LogP contribution in [-0.4, -0.2) is 34.2 Å². The first-order valence-corrected chi connectivity index (χ1v) is 10.8. The van der Waals surface area contributed by atoms with Crippen molar-refractivity contribution in [1.82, 2.24) is 20.0 Å². The summed E-state index contributed by atoms with van der Waals surface area (Å²) in [6.45, 7) is 0. The highest BCUT2D eigenvalue weighted by atomic mass is 35.5. The average molecular weight is 451 g/mol. The van der Waals surface area contributed by atoms with Crippen LogP contribution in [-0.2, 0) is 11.2 Å². The number of benzene rings is 2. The molecule has 0 fully saturated rings. The summed E-state index contributed by atoms with van der Waals surface area (Å²) in [5.41, 5.74) is 4.83. The van der Waals surface area contributed by atoms with Crippen LogP contribution in [0, 0.1) is 0 Å². The van der Waals surface area contributed by atoms with Gasteiger partial charge in [-0.15, -0.1) is 0 Å². The van der Waals surface area contributed by atoms with Gasteiger partial charge in [0.1, 0.15) is 6.10 Å². The van der Waals surface area contributed by atoms with Crippen LogP contribution >= 0.6 is 11.6 Å². The van der Waals surface area contributed by atoms with E-state index in [0.717, 1.165) is 41.0 Å². The topological polar surface area (TPSA) is 74.2 Å². The first-order valence-electron chi connectivity index (χ1n) is 10.4. The van der Waals surface area contributed by atoms with Crippen molar-refractivity contribution in [3.8, 4) is 17.2 Å². The standard InChI is InChI=1S/C24H23ClN4O3/c1-30-22-7-3-5-17(24(22)31-2)23-18-13-15(25)8-10-19(18)29-12-4-6-20(29)21(32-23)11-9-16-14-26-28-27-16/h3-8,10,12-14,21,23H,9,11H2,1-2H3,(H,26,27,28)/t21-,23-/m1/s1. The summed E-state index contributed by atoms with van der Waals surface area (Å²) in [5, 5.41) is 11.4. The van der Waals surface area contributed by atoms with Gasteiger partial charge in [0, 0.05) is 22.3 Å². The molecule has 2 aromatic carbocycles. The van der Waals surface area contributed by atoms with Gasteiger partial charge in [-0.25, -0.2) is 0 Å². The van der Waals surface area contributed by atoms with Gasteiger partial charge in [-0.3, -0.25) is 0 Å². The van der Waals surface area contributed by atoms with Crippen LogP contribution in [0.25, 0.3) is 5.69 Å². The zero-order valence-electron chi connectivity index (χ0n) is 17.8. The Labute approximate surface area is 190 Å². The van der Waals surface area contributed by atoms with E-state index in [-0.39, 0.29) is 6.10 Å². The molecule has 0 aliphatic carbocycles. The second-order valence-corrected chi connectivity index (χ2v) is 8.03. The Bertz CT molecular complexity index is 1220. The maximum Gasteiger partial charge on any atom is 0.166 e. The van der Waals surface area contributed by atoms with Crippen LogP contribution in [0.1, 0.15) is 41.1 Å². The summed E-state index contributed by atoms with van der Waals surface area (Å²) in [6.07, 6.45) is 4.67. The number of aryl methyl sites for hydroxylation is 1. The molecule has 5 rings (SSSR count). The highest BCUT2D eigenvalue weighted by molar-refractivity contribution is 6.30. The highest BCUT2D eigenvalue weighted by Gasteiger charge is 2.32. The van der Waals surface area contributed by atoms with E-state index >= 15 is 0 Å². The number of nitrogens with one attached hydrogen (secondary N) is 1. The second kappa shape index (κ2) is 8.68. The first-order chi connectivity index (χ1) is 15.7. The van der Waals surface area contributed by atoms with Crippen LogP contribution in [0.2, 0.25) is 5.02 Å². The molecule has 2 atom stereocenters. The fraction of sp³-hybridized carbons (Fsp3) is 0.250. The summed E-state index contributed by atoms with van der Waals surface area (Å²) in [7, 11) is 3.27. The third kappa shape index (κ3) is 3.63. The van der Waals surface area contributed by atoms with Crippen molar-refractivity contribution in [1.29, 1.82) is 0 Å². The minimum absolute atomic E-state index is 0.186. The van der Waals surface area contributed by atoms with Crippen LogP contribution in [0.5, 0.6) is 11.5 Å². The minimum Gasteiger partial charge on any atom is -0.493 e. The van der Waals surface area contributed by atoms with E-state index < -0.39 is 6.10 Å². The Morgan fingerprint density at radius 3 is 2.78 bits per heavy atom. The quantitative estimate of drug-likeness (QED) is 0.444. The minimum atomic E-state index is -0.407. The fourth-order valence-corrected chi connectivity index (χ4v) is 4.52. The van der Waals surface area contributed by atoms with Gasteiger partial charge in [0.05, 0.1) is 43.6 Å². The van der Waals surface area contributed by atoms with Crippen LogP contribution < -0.4 is 9.47 Å². The predicted molar refractivity (Wildman–Crippen MR) is 121 cm³/mol. The van der Waals surface area contributed by atoms with Crippen LogP contribution in [0.15, 0.2) is 60.9 Å². The summed E-state index contributed by atoms with van der Waals surface area (Å²) in [6, 6.07) is 15.9. The molecule has 8 heteroatoms. The zero-order chi connectivity index (χ0) is 22.1. The Morgan fingerprint density at radius 1 is 1.09 bits per heavy atom. The van der Waals surface area contributed by atoms with E-state index in [0.29, 0.717) is 16.5 Å². The number of methoxy groups -OCH3 is 2. The fourth-order valence-electron chi connectivity index (χ4n) is 4.34. The maximum atomic E-state index is 6.83. The highest BCUT2D eigenvalue weighted by Crippen LogP contribution is 2.46. The van der Waals surface area contributed by atoms with E-state index in [2.05, 4.69) is 32.2 Å². The predicted octanol–water partition coefficient (Wildman–Crippen LogP) is 5.06. The van der Waals surface area contributed by atoms with Crippen molar-refractivity contribution in [2.45, 2.75) is 25.0 Å². The smallest absolute Gasteiger partial charge is 0.166 e.